The van der Waals surface area contributed by atoms with E-state index in [0.717, 1.165) is 28.1 Å². The quantitative estimate of drug-likeness (QED) is 0.304. The van der Waals surface area contributed by atoms with Gasteiger partial charge in [0.25, 0.3) is 0 Å². The number of ether oxygens (including phenoxy) is 1. The minimum atomic E-state index is -3.83. The number of para-hydroxylation sites is 1. The molecule has 0 aliphatic rings. The molecule has 0 aliphatic heterocycles. The van der Waals surface area contributed by atoms with E-state index in [2.05, 4.69) is 5.32 Å². The fourth-order valence-corrected chi connectivity index (χ4v) is 5.02. The summed E-state index contributed by atoms with van der Waals surface area (Å²) < 4.78 is 32.6. The third kappa shape index (κ3) is 8.58. The second-order valence-corrected chi connectivity index (χ2v) is 11.8. The largest absolute Gasteiger partial charge is 0.457 e. The molecule has 0 unspecified atom stereocenters. The lowest BCUT2D eigenvalue weighted by Gasteiger charge is -2.33. The number of sulfonamides is 1. The maximum Gasteiger partial charge on any atom is 0.244 e. The summed E-state index contributed by atoms with van der Waals surface area (Å²) in [6.45, 7) is 7.43. The van der Waals surface area contributed by atoms with E-state index in [-0.39, 0.29) is 18.5 Å². The SMILES string of the molecule is CC[C@H](C)NC(=O)[C@H](CC)N(Cc1ccc(C)cc1)C(=O)CN(c1ccc(Oc2ccccc2)cc1)S(C)(=O)=O. The summed E-state index contributed by atoms with van der Waals surface area (Å²) in [6, 6.07) is 22.7. The van der Waals surface area contributed by atoms with Crippen molar-refractivity contribution in [1.29, 1.82) is 0 Å². The van der Waals surface area contributed by atoms with Crippen molar-refractivity contribution in [3.8, 4) is 11.5 Å². The van der Waals surface area contributed by atoms with Gasteiger partial charge in [-0.1, -0.05) is 61.9 Å². The molecule has 0 radical (unpaired) electrons. The van der Waals surface area contributed by atoms with Crippen LogP contribution in [0.25, 0.3) is 0 Å². The van der Waals surface area contributed by atoms with Crippen molar-refractivity contribution in [3.05, 3.63) is 90.0 Å². The number of rotatable bonds is 13. The second-order valence-electron chi connectivity index (χ2n) is 9.93. The predicted molar refractivity (Wildman–Crippen MR) is 159 cm³/mol. The van der Waals surface area contributed by atoms with Crippen LogP contribution in [0, 0.1) is 6.92 Å². The molecule has 3 aromatic carbocycles. The van der Waals surface area contributed by atoms with Gasteiger partial charge >= 0.3 is 0 Å². The van der Waals surface area contributed by atoms with E-state index in [4.69, 9.17) is 4.74 Å². The van der Waals surface area contributed by atoms with E-state index < -0.39 is 28.5 Å². The van der Waals surface area contributed by atoms with Gasteiger partial charge in [0.05, 0.1) is 11.9 Å². The van der Waals surface area contributed by atoms with Gasteiger partial charge in [0.1, 0.15) is 24.1 Å². The zero-order chi connectivity index (χ0) is 29.3. The van der Waals surface area contributed by atoms with Gasteiger partial charge in [0, 0.05) is 12.6 Å². The molecule has 2 atom stereocenters. The van der Waals surface area contributed by atoms with Crippen LogP contribution < -0.4 is 14.4 Å². The van der Waals surface area contributed by atoms with Crippen molar-refractivity contribution in [1.82, 2.24) is 10.2 Å². The predicted octanol–water partition coefficient (Wildman–Crippen LogP) is 5.28. The number of carbonyl (C=O) groups is 2. The Morgan fingerprint density at radius 2 is 1.48 bits per heavy atom. The Morgan fingerprint density at radius 3 is 2.02 bits per heavy atom. The minimum Gasteiger partial charge on any atom is -0.457 e. The van der Waals surface area contributed by atoms with Crippen LogP contribution in [0.15, 0.2) is 78.9 Å². The molecular weight excluding hydrogens is 526 g/mol. The topological polar surface area (TPSA) is 96.0 Å². The summed E-state index contributed by atoms with van der Waals surface area (Å²) in [4.78, 5) is 28.5. The molecule has 3 rings (SSSR count). The maximum absolute atomic E-state index is 13.8. The molecule has 8 nitrogen and oxygen atoms in total. The Bertz CT molecular complexity index is 1360. The summed E-state index contributed by atoms with van der Waals surface area (Å²) in [5, 5.41) is 2.97. The summed E-state index contributed by atoms with van der Waals surface area (Å²) in [6.07, 6.45) is 2.19. The smallest absolute Gasteiger partial charge is 0.244 e. The van der Waals surface area contributed by atoms with E-state index in [1.165, 1.54) is 4.90 Å². The Balaban J connectivity index is 1.89. The second kappa shape index (κ2) is 14.0. The summed E-state index contributed by atoms with van der Waals surface area (Å²) in [5.41, 5.74) is 2.25. The number of carbonyl (C=O) groups excluding carboxylic acids is 2. The lowest BCUT2D eigenvalue weighted by atomic mass is 10.1. The molecule has 3 aromatic rings. The standard InChI is InChI=1S/C31H39N3O5S/c1-6-24(4)32-31(36)29(7-2)33(21-25-15-13-23(3)14-16-25)30(35)22-34(40(5,37)38)26-17-19-28(20-18-26)39-27-11-9-8-10-12-27/h8-20,24,29H,6-7,21-22H2,1-5H3,(H,32,36)/t24-,29-/m0/s1. The summed E-state index contributed by atoms with van der Waals surface area (Å²) in [7, 11) is -3.83. The van der Waals surface area contributed by atoms with Crippen molar-refractivity contribution in [2.45, 2.75) is 59.2 Å². The van der Waals surface area contributed by atoms with E-state index in [1.54, 1.807) is 24.3 Å². The summed E-state index contributed by atoms with van der Waals surface area (Å²) in [5.74, 6) is 0.453. The molecule has 0 bridgehead atoms. The van der Waals surface area contributed by atoms with Crippen molar-refractivity contribution in [2.75, 3.05) is 17.1 Å². The lowest BCUT2D eigenvalue weighted by Crippen LogP contribution is -2.53. The highest BCUT2D eigenvalue weighted by atomic mass is 32.2. The van der Waals surface area contributed by atoms with Gasteiger partial charge in [0.2, 0.25) is 21.8 Å². The normalized spacial score (nSPS) is 12.7. The molecule has 0 saturated carbocycles. The molecule has 214 valence electrons. The number of nitrogens with zero attached hydrogens (tertiary/aromatic N) is 2. The number of benzene rings is 3. The molecule has 0 spiro atoms. The van der Waals surface area contributed by atoms with Crippen LogP contribution in [0.2, 0.25) is 0 Å². The number of amides is 2. The number of hydrogen-bond donors (Lipinski definition) is 1. The number of anilines is 1. The molecular formula is C31H39N3O5S. The van der Waals surface area contributed by atoms with E-state index in [9.17, 15) is 18.0 Å². The number of nitrogens with one attached hydrogen (secondary N) is 1. The van der Waals surface area contributed by atoms with Crippen LogP contribution in [0.4, 0.5) is 5.69 Å². The van der Waals surface area contributed by atoms with Crippen molar-refractivity contribution >= 4 is 27.5 Å². The zero-order valence-electron chi connectivity index (χ0n) is 23.8. The lowest BCUT2D eigenvalue weighted by molar-refractivity contribution is -0.140. The molecule has 0 fully saturated rings. The molecule has 9 heteroatoms. The van der Waals surface area contributed by atoms with Crippen LogP contribution in [0.3, 0.4) is 0 Å². The molecule has 40 heavy (non-hydrogen) atoms. The Kier molecular flexibility index (Phi) is 10.7. The van der Waals surface area contributed by atoms with Gasteiger partial charge < -0.3 is 15.0 Å². The van der Waals surface area contributed by atoms with Gasteiger partial charge in [0.15, 0.2) is 0 Å². The number of hydrogen-bond acceptors (Lipinski definition) is 5. The average Bonchev–Trinajstić information content (AvgIpc) is 2.93. The Morgan fingerprint density at radius 1 is 0.875 bits per heavy atom. The monoisotopic (exact) mass is 565 g/mol. The van der Waals surface area contributed by atoms with Crippen LogP contribution in [0.5, 0.6) is 11.5 Å². The zero-order valence-corrected chi connectivity index (χ0v) is 24.6. The molecule has 0 heterocycles. The minimum absolute atomic E-state index is 0.0537. The summed E-state index contributed by atoms with van der Waals surface area (Å²) >= 11 is 0. The van der Waals surface area contributed by atoms with Gasteiger partial charge in [-0.3, -0.25) is 13.9 Å². The van der Waals surface area contributed by atoms with Crippen molar-refractivity contribution < 1.29 is 22.7 Å². The fraction of sp³-hybridized carbons (Fsp3) is 0.355. The van der Waals surface area contributed by atoms with Crippen molar-refractivity contribution in [2.24, 2.45) is 0 Å². The first-order valence-corrected chi connectivity index (χ1v) is 15.3. The van der Waals surface area contributed by atoms with E-state index in [0.29, 0.717) is 23.6 Å². The average molecular weight is 566 g/mol. The highest BCUT2D eigenvalue weighted by Crippen LogP contribution is 2.26. The fourth-order valence-electron chi connectivity index (χ4n) is 4.17. The van der Waals surface area contributed by atoms with E-state index >= 15 is 0 Å². The van der Waals surface area contributed by atoms with Crippen LogP contribution >= 0.6 is 0 Å². The van der Waals surface area contributed by atoms with Gasteiger partial charge in [-0.2, -0.15) is 0 Å². The molecule has 0 saturated heterocycles. The molecule has 0 aromatic heterocycles. The van der Waals surface area contributed by atoms with Gasteiger partial charge in [-0.25, -0.2) is 8.42 Å². The highest BCUT2D eigenvalue weighted by molar-refractivity contribution is 7.92. The van der Waals surface area contributed by atoms with Crippen LogP contribution in [0.1, 0.15) is 44.7 Å². The Hall–Kier alpha value is -3.85. The van der Waals surface area contributed by atoms with Crippen LogP contribution in [-0.4, -0.2) is 50.0 Å². The van der Waals surface area contributed by atoms with Gasteiger partial charge in [-0.05, 0) is 68.7 Å². The molecule has 2 amide bonds. The van der Waals surface area contributed by atoms with Crippen LogP contribution in [-0.2, 0) is 26.2 Å². The third-order valence-corrected chi connectivity index (χ3v) is 7.78. The maximum atomic E-state index is 13.8. The molecule has 1 N–H and O–H groups in total. The first kappa shape index (κ1) is 30.7. The molecule has 0 aliphatic carbocycles. The number of aryl methyl sites for hydroxylation is 1. The van der Waals surface area contributed by atoms with Gasteiger partial charge in [-0.15, -0.1) is 0 Å². The Labute approximate surface area is 238 Å². The van der Waals surface area contributed by atoms with Crippen molar-refractivity contribution in [3.63, 3.8) is 0 Å². The third-order valence-electron chi connectivity index (χ3n) is 6.64. The first-order chi connectivity index (χ1) is 19.0. The first-order valence-electron chi connectivity index (χ1n) is 13.5. The highest BCUT2D eigenvalue weighted by Gasteiger charge is 2.32. The van der Waals surface area contributed by atoms with E-state index in [1.807, 2.05) is 82.3 Å².